The maximum Gasteiger partial charge on any atom is 0.333 e. The highest BCUT2D eigenvalue weighted by Crippen LogP contribution is 2.24. The summed E-state index contributed by atoms with van der Waals surface area (Å²) in [6.45, 7) is 1.85. The number of carboxylic acid groups (broad SMARTS) is 1. The van der Waals surface area contributed by atoms with Crippen molar-refractivity contribution in [3.05, 3.63) is 0 Å². The van der Waals surface area contributed by atoms with Crippen molar-refractivity contribution in [3.63, 3.8) is 0 Å². The maximum atomic E-state index is 10.2. The molecule has 0 aromatic rings. The summed E-state index contributed by atoms with van der Waals surface area (Å²) >= 11 is 1.53. The molecule has 0 bridgehead atoms. The van der Waals surface area contributed by atoms with Crippen LogP contribution in [0.25, 0.3) is 0 Å². The average Bonchev–Trinajstić information content (AvgIpc) is 2.14. The summed E-state index contributed by atoms with van der Waals surface area (Å²) in [5.74, 6) is -0.275. The molecule has 1 fully saturated rings. The van der Waals surface area contributed by atoms with E-state index in [2.05, 4.69) is 0 Å². The third-order valence-electron chi connectivity index (χ3n) is 1.11. The fourth-order valence-electron chi connectivity index (χ4n) is 0.662. The van der Waals surface area contributed by atoms with E-state index in [0.29, 0.717) is 5.75 Å². The standard InChI is InChI=1S/C5H8O3S/c1-3-8-4(2-9-3)5(6)7/h3-4H,2H2,1H3,(H,6,7)/t3-,4+/m1/s1. The minimum atomic E-state index is -0.855. The molecule has 1 aliphatic heterocycles. The number of rotatable bonds is 1. The van der Waals surface area contributed by atoms with Crippen LogP contribution in [0.15, 0.2) is 0 Å². The molecule has 4 heteroatoms. The molecule has 0 unspecified atom stereocenters. The summed E-state index contributed by atoms with van der Waals surface area (Å²) in [5.41, 5.74) is 0.0473. The molecule has 0 aromatic heterocycles. The first-order valence-corrected chi connectivity index (χ1v) is 3.75. The topological polar surface area (TPSA) is 46.5 Å². The Morgan fingerprint density at radius 2 is 2.56 bits per heavy atom. The predicted molar refractivity (Wildman–Crippen MR) is 34.4 cm³/mol. The van der Waals surface area contributed by atoms with Crippen molar-refractivity contribution in [2.75, 3.05) is 5.75 Å². The molecule has 0 amide bonds. The van der Waals surface area contributed by atoms with Crippen molar-refractivity contribution in [2.45, 2.75) is 18.5 Å². The first-order chi connectivity index (χ1) is 4.20. The molecule has 1 saturated heterocycles. The Kier molecular flexibility index (Phi) is 1.97. The van der Waals surface area contributed by atoms with Gasteiger partial charge in [0.25, 0.3) is 0 Å². The summed E-state index contributed by atoms with van der Waals surface area (Å²) in [6, 6.07) is 0. The van der Waals surface area contributed by atoms with Crippen LogP contribution in [0.4, 0.5) is 0 Å². The molecule has 9 heavy (non-hydrogen) atoms. The van der Waals surface area contributed by atoms with E-state index in [1.165, 1.54) is 11.8 Å². The molecule has 0 aliphatic carbocycles. The molecular weight excluding hydrogens is 140 g/mol. The number of thioether (sulfide) groups is 1. The van der Waals surface area contributed by atoms with Gasteiger partial charge in [0, 0.05) is 5.75 Å². The molecule has 0 radical (unpaired) electrons. The Balaban J connectivity index is 2.39. The van der Waals surface area contributed by atoms with Crippen molar-refractivity contribution in [1.82, 2.24) is 0 Å². The van der Waals surface area contributed by atoms with Crippen LogP contribution in [0.1, 0.15) is 6.92 Å². The van der Waals surface area contributed by atoms with Crippen LogP contribution in [-0.2, 0) is 9.53 Å². The Morgan fingerprint density at radius 3 is 2.78 bits per heavy atom. The Bertz CT molecular complexity index is 125. The van der Waals surface area contributed by atoms with Gasteiger partial charge in [-0.05, 0) is 6.92 Å². The van der Waals surface area contributed by atoms with E-state index in [1.807, 2.05) is 6.92 Å². The lowest BCUT2D eigenvalue weighted by Crippen LogP contribution is -2.21. The average molecular weight is 148 g/mol. The van der Waals surface area contributed by atoms with Crippen LogP contribution in [0, 0.1) is 0 Å². The van der Waals surface area contributed by atoms with Crippen LogP contribution in [0.3, 0.4) is 0 Å². The second kappa shape index (κ2) is 2.58. The molecule has 0 spiro atoms. The number of ether oxygens (including phenoxy) is 1. The van der Waals surface area contributed by atoms with E-state index >= 15 is 0 Å². The highest BCUT2D eigenvalue weighted by molar-refractivity contribution is 8.00. The zero-order valence-corrected chi connectivity index (χ0v) is 5.85. The quantitative estimate of drug-likeness (QED) is 0.590. The van der Waals surface area contributed by atoms with E-state index in [1.54, 1.807) is 0 Å². The number of carboxylic acids is 1. The molecule has 2 atom stereocenters. The number of hydrogen-bond donors (Lipinski definition) is 1. The lowest BCUT2D eigenvalue weighted by molar-refractivity contribution is -0.148. The van der Waals surface area contributed by atoms with Gasteiger partial charge in [-0.2, -0.15) is 0 Å². The summed E-state index contributed by atoms with van der Waals surface area (Å²) in [5, 5.41) is 8.39. The molecule has 52 valence electrons. The smallest absolute Gasteiger partial charge is 0.333 e. The minimum Gasteiger partial charge on any atom is -0.479 e. The predicted octanol–water partition coefficient (Wildman–Crippen LogP) is 0.549. The number of hydrogen-bond acceptors (Lipinski definition) is 3. The van der Waals surface area contributed by atoms with Gasteiger partial charge in [0.05, 0.1) is 0 Å². The van der Waals surface area contributed by atoms with Gasteiger partial charge in [-0.15, -0.1) is 11.8 Å². The lowest BCUT2D eigenvalue weighted by Gasteiger charge is -2.01. The van der Waals surface area contributed by atoms with Crippen molar-refractivity contribution in [1.29, 1.82) is 0 Å². The van der Waals surface area contributed by atoms with Crippen molar-refractivity contribution in [2.24, 2.45) is 0 Å². The van der Waals surface area contributed by atoms with Crippen LogP contribution >= 0.6 is 11.8 Å². The second-order valence-corrected chi connectivity index (χ2v) is 3.19. The minimum absolute atomic E-state index is 0.0473. The third kappa shape index (κ3) is 1.59. The summed E-state index contributed by atoms with van der Waals surface area (Å²) < 4.78 is 4.99. The van der Waals surface area contributed by atoms with Crippen molar-refractivity contribution in [3.8, 4) is 0 Å². The SMILES string of the molecule is C[C@@H]1O[C@H](C(=O)O)CS1. The number of aliphatic carboxylic acids is 1. The lowest BCUT2D eigenvalue weighted by atomic mass is 10.4. The van der Waals surface area contributed by atoms with Crippen LogP contribution in [0.2, 0.25) is 0 Å². The first-order valence-electron chi connectivity index (χ1n) is 2.70. The van der Waals surface area contributed by atoms with Gasteiger partial charge in [-0.1, -0.05) is 0 Å². The van der Waals surface area contributed by atoms with Gasteiger partial charge in [0.1, 0.15) is 5.44 Å². The molecule has 0 saturated carbocycles. The van der Waals surface area contributed by atoms with Gasteiger partial charge in [0.15, 0.2) is 6.10 Å². The first kappa shape index (κ1) is 6.89. The normalized spacial score (nSPS) is 34.8. The van der Waals surface area contributed by atoms with E-state index in [4.69, 9.17) is 9.84 Å². The largest absolute Gasteiger partial charge is 0.479 e. The van der Waals surface area contributed by atoms with Crippen LogP contribution < -0.4 is 0 Å². The van der Waals surface area contributed by atoms with Gasteiger partial charge in [0.2, 0.25) is 0 Å². The van der Waals surface area contributed by atoms with E-state index in [9.17, 15) is 4.79 Å². The van der Waals surface area contributed by atoms with Gasteiger partial charge in [-0.3, -0.25) is 0 Å². The van der Waals surface area contributed by atoms with Crippen LogP contribution in [-0.4, -0.2) is 28.4 Å². The van der Waals surface area contributed by atoms with Crippen molar-refractivity contribution < 1.29 is 14.6 Å². The highest BCUT2D eigenvalue weighted by Gasteiger charge is 2.27. The maximum absolute atomic E-state index is 10.2. The van der Waals surface area contributed by atoms with Crippen molar-refractivity contribution >= 4 is 17.7 Å². The van der Waals surface area contributed by atoms with Gasteiger partial charge < -0.3 is 9.84 Å². The summed E-state index contributed by atoms with van der Waals surface area (Å²) in [7, 11) is 0. The monoisotopic (exact) mass is 148 g/mol. The van der Waals surface area contributed by atoms with E-state index < -0.39 is 12.1 Å². The highest BCUT2D eigenvalue weighted by atomic mass is 32.2. The zero-order chi connectivity index (χ0) is 6.85. The van der Waals surface area contributed by atoms with Gasteiger partial charge >= 0.3 is 5.97 Å². The molecule has 3 nitrogen and oxygen atoms in total. The summed E-state index contributed by atoms with van der Waals surface area (Å²) in [4.78, 5) is 10.2. The molecule has 1 N–H and O–H groups in total. The molecule has 1 heterocycles. The van der Waals surface area contributed by atoms with E-state index in [-0.39, 0.29) is 5.44 Å². The van der Waals surface area contributed by atoms with Gasteiger partial charge in [-0.25, -0.2) is 4.79 Å². The zero-order valence-electron chi connectivity index (χ0n) is 5.03. The number of carbonyl (C=O) groups is 1. The fraction of sp³-hybridized carbons (Fsp3) is 0.800. The Morgan fingerprint density at radius 1 is 1.89 bits per heavy atom. The van der Waals surface area contributed by atoms with Crippen LogP contribution in [0.5, 0.6) is 0 Å². The second-order valence-electron chi connectivity index (χ2n) is 1.86. The molecular formula is C5H8O3S. The van der Waals surface area contributed by atoms with E-state index in [0.717, 1.165) is 0 Å². The molecule has 0 aromatic carbocycles. The molecule has 1 aliphatic rings. The Labute approximate surface area is 57.4 Å². The molecule has 1 rings (SSSR count). The summed E-state index contributed by atoms with van der Waals surface area (Å²) in [6.07, 6.45) is -0.579. The third-order valence-corrected chi connectivity index (χ3v) is 2.19. The Hall–Kier alpha value is -0.220. The fourth-order valence-corrected chi connectivity index (χ4v) is 1.54.